The van der Waals surface area contributed by atoms with Crippen molar-refractivity contribution >= 4 is 40.9 Å². The van der Waals surface area contributed by atoms with Crippen LogP contribution in [0.3, 0.4) is 0 Å². The van der Waals surface area contributed by atoms with Crippen molar-refractivity contribution < 1.29 is 19.2 Å². The van der Waals surface area contributed by atoms with Crippen LogP contribution in [0.1, 0.15) is 18.9 Å². The number of nitro groups is 1. The number of esters is 1. The molecule has 9 heteroatoms. The molecule has 2 fully saturated rings. The summed E-state index contributed by atoms with van der Waals surface area (Å²) in [5.41, 5.74) is 0.611. The number of carbonyl (C=O) groups is 2. The summed E-state index contributed by atoms with van der Waals surface area (Å²) in [6.45, 7) is 1.84. The number of nitro benzene ring substituents is 1. The van der Waals surface area contributed by atoms with Gasteiger partial charge in [0.25, 0.3) is 5.69 Å². The van der Waals surface area contributed by atoms with Gasteiger partial charge in [-0.15, -0.1) is 23.4 Å². The van der Waals surface area contributed by atoms with E-state index in [1.165, 1.54) is 36.0 Å². The van der Waals surface area contributed by atoms with Gasteiger partial charge in [0.15, 0.2) is 0 Å². The zero-order valence-corrected chi connectivity index (χ0v) is 14.4. The minimum Gasteiger partial charge on any atom is -0.459 e. The minimum atomic E-state index is -0.704. The zero-order chi connectivity index (χ0) is 17.5. The van der Waals surface area contributed by atoms with Crippen LogP contribution in [0.15, 0.2) is 24.3 Å². The Morgan fingerprint density at radius 2 is 2.17 bits per heavy atom. The number of β-lactam (4-membered cyclic amide) rings is 1. The first-order chi connectivity index (χ1) is 11.4. The quantitative estimate of drug-likeness (QED) is 0.260. The van der Waals surface area contributed by atoms with E-state index < -0.39 is 21.7 Å². The lowest BCUT2D eigenvalue weighted by atomic mass is 9.98. The Kier molecular flexibility index (Phi) is 4.44. The van der Waals surface area contributed by atoms with E-state index in [1.807, 2.05) is 6.92 Å². The predicted octanol–water partition coefficient (Wildman–Crippen LogP) is 2.31. The van der Waals surface area contributed by atoms with E-state index in [1.54, 1.807) is 4.90 Å². The summed E-state index contributed by atoms with van der Waals surface area (Å²) in [4.78, 5) is 36.0. The van der Waals surface area contributed by atoms with E-state index in [9.17, 15) is 19.7 Å². The number of thioether (sulfide) groups is 1. The number of non-ortho nitro benzene ring substituents is 1. The maximum absolute atomic E-state index is 12.5. The second-order valence-corrected chi connectivity index (χ2v) is 7.94. The molecule has 2 saturated heterocycles. The molecule has 3 atom stereocenters. The predicted molar refractivity (Wildman–Crippen MR) is 88.6 cm³/mol. The number of fused-ring (bicyclic) bond motifs is 1. The summed E-state index contributed by atoms with van der Waals surface area (Å²) < 4.78 is 4.76. The Labute approximate surface area is 147 Å². The maximum Gasteiger partial charge on any atom is 0.330 e. The van der Waals surface area contributed by atoms with Gasteiger partial charge in [-0.1, -0.05) is 0 Å². The Bertz CT molecular complexity index is 698. The molecule has 0 bridgehead atoms. The SMILES string of the molecule is C[C@@]1(CCl)S[C@@H]2CC(=O)N2[C@H]1C(=O)OCc1ccc([N+](=O)[O-])cc1. The van der Waals surface area contributed by atoms with Gasteiger partial charge in [0, 0.05) is 18.0 Å². The van der Waals surface area contributed by atoms with Crippen LogP contribution in [0, 0.1) is 10.1 Å². The maximum atomic E-state index is 12.5. The van der Waals surface area contributed by atoms with E-state index in [0.717, 1.165) is 0 Å². The van der Waals surface area contributed by atoms with Crippen LogP contribution in [-0.2, 0) is 20.9 Å². The van der Waals surface area contributed by atoms with Crippen molar-refractivity contribution in [3.05, 3.63) is 39.9 Å². The molecule has 1 amide bonds. The Balaban J connectivity index is 1.67. The third-order valence-corrected chi connectivity index (χ3v) is 6.51. The van der Waals surface area contributed by atoms with Crippen LogP contribution in [0.2, 0.25) is 0 Å². The molecule has 128 valence electrons. The number of ether oxygens (including phenoxy) is 1. The molecule has 2 aliphatic heterocycles. The first-order valence-corrected chi connectivity index (χ1v) is 8.72. The highest BCUT2D eigenvalue weighted by atomic mass is 35.5. The van der Waals surface area contributed by atoms with E-state index in [4.69, 9.17) is 16.3 Å². The van der Waals surface area contributed by atoms with Crippen molar-refractivity contribution in [3.63, 3.8) is 0 Å². The van der Waals surface area contributed by atoms with Crippen LogP contribution in [-0.4, -0.2) is 43.7 Å². The van der Waals surface area contributed by atoms with Crippen LogP contribution < -0.4 is 0 Å². The number of amides is 1. The first kappa shape index (κ1) is 17.0. The van der Waals surface area contributed by atoms with Gasteiger partial charge in [-0.3, -0.25) is 14.9 Å². The van der Waals surface area contributed by atoms with Crippen molar-refractivity contribution in [2.75, 3.05) is 5.88 Å². The summed E-state index contributed by atoms with van der Waals surface area (Å²) in [5.74, 6) is -0.340. The summed E-state index contributed by atoms with van der Waals surface area (Å²) in [5, 5.41) is 10.6. The standard InChI is InChI=1S/C15H15ClN2O5S/c1-15(8-16)13(17-11(19)6-12(17)24-15)14(20)23-7-9-2-4-10(5-3-9)18(21)22/h2-5,12-13H,6-8H2,1H3/t12-,13+,15+/m1/s1. The van der Waals surface area contributed by atoms with Gasteiger partial charge in [-0.2, -0.15) is 0 Å². The van der Waals surface area contributed by atoms with Crippen LogP contribution in [0.4, 0.5) is 5.69 Å². The molecule has 7 nitrogen and oxygen atoms in total. The highest BCUT2D eigenvalue weighted by molar-refractivity contribution is 8.01. The van der Waals surface area contributed by atoms with Gasteiger partial charge >= 0.3 is 5.97 Å². The van der Waals surface area contributed by atoms with Gasteiger partial charge in [-0.25, -0.2) is 4.79 Å². The highest BCUT2D eigenvalue weighted by Crippen LogP contribution is 2.51. The van der Waals surface area contributed by atoms with Crippen molar-refractivity contribution in [1.29, 1.82) is 0 Å². The number of carbonyl (C=O) groups excluding carboxylic acids is 2. The molecule has 0 radical (unpaired) electrons. The van der Waals surface area contributed by atoms with Crippen molar-refractivity contribution in [3.8, 4) is 0 Å². The molecule has 0 aromatic heterocycles. The Morgan fingerprint density at radius 1 is 1.50 bits per heavy atom. The number of nitrogens with zero attached hydrogens (tertiary/aromatic N) is 2. The molecule has 0 spiro atoms. The smallest absolute Gasteiger partial charge is 0.330 e. The fraction of sp³-hybridized carbons (Fsp3) is 0.467. The van der Waals surface area contributed by atoms with E-state index >= 15 is 0 Å². The molecule has 0 saturated carbocycles. The second kappa shape index (κ2) is 6.25. The average Bonchev–Trinajstić information content (AvgIpc) is 2.81. The van der Waals surface area contributed by atoms with E-state index in [2.05, 4.69) is 0 Å². The topological polar surface area (TPSA) is 89.8 Å². The lowest BCUT2D eigenvalue weighted by Gasteiger charge is -2.37. The number of alkyl halides is 1. The van der Waals surface area contributed by atoms with Crippen molar-refractivity contribution in [2.45, 2.75) is 36.1 Å². The van der Waals surface area contributed by atoms with Crippen molar-refractivity contribution in [2.24, 2.45) is 0 Å². The molecule has 24 heavy (non-hydrogen) atoms. The second-order valence-electron chi connectivity index (χ2n) is 5.96. The Morgan fingerprint density at radius 3 is 2.71 bits per heavy atom. The highest BCUT2D eigenvalue weighted by Gasteiger charge is 2.60. The van der Waals surface area contributed by atoms with Gasteiger partial charge < -0.3 is 9.64 Å². The number of hydrogen-bond donors (Lipinski definition) is 0. The van der Waals surface area contributed by atoms with Gasteiger partial charge in [-0.05, 0) is 24.6 Å². The summed E-state index contributed by atoms with van der Waals surface area (Å²) in [6.07, 6.45) is 0.420. The molecule has 1 aromatic rings. The number of rotatable bonds is 5. The van der Waals surface area contributed by atoms with Crippen LogP contribution in [0.5, 0.6) is 0 Å². The normalized spacial score (nSPS) is 28.2. The lowest BCUT2D eigenvalue weighted by molar-refractivity contribution is -0.384. The van der Waals surface area contributed by atoms with Gasteiger partial charge in [0.1, 0.15) is 12.6 Å². The number of halogens is 1. The molecular formula is C15H15ClN2O5S. The monoisotopic (exact) mass is 370 g/mol. The minimum absolute atomic E-state index is 0.0109. The fourth-order valence-electron chi connectivity index (χ4n) is 2.89. The lowest BCUT2D eigenvalue weighted by Crippen LogP contribution is -2.58. The van der Waals surface area contributed by atoms with Gasteiger partial charge in [0.2, 0.25) is 5.91 Å². The molecule has 1 aromatic carbocycles. The molecule has 2 heterocycles. The summed E-state index contributed by atoms with van der Waals surface area (Å²) in [6, 6.07) is 5.07. The Hall–Kier alpha value is -1.80. The van der Waals surface area contributed by atoms with Crippen LogP contribution in [0.25, 0.3) is 0 Å². The molecule has 0 aliphatic carbocycles. The van der Waals surface area contributed by atoms with Crippen LogP contribution >= 0.6 is 23.4 Å². The first-order valence-electron chi connectivity index (χ1n) is 7.30. The third-order valence-electron chi connectivity index (χ3n) is 4.23. The van der Waals surface area contributed by atoms with Gasteiger partial charge in [0.05, 0.1) is 21.5 Å². The summed E-state index contributed by atoms with van der Waals surface area (Å²) >= 11 is 7.55. The molecular weight excluding hydrogens is 356 g/mol. The molecule has 0 N–H and O–H groups in total. The number of benzene rings is 1. The molecule has 0 unspecified atom stereocenters. The summed E-state index contributed by atoms with van der Waals surface area (Å²) in [7, 11) is 0. The van der Waals surface area contributed by atoms with Crippen molar-refractivity contribution in [1.82, 2.24) is 4.90 Å². The average molecular weight is 371 g/mol. The van der Waals surface area contributed by atoms with E-state index in [0.29, 0.717) is 12.0 Å². The number of hydrogen-bond acceptors (Lipinski definition) is 6. The molecule has 2 aliphatic rings. The fourth-order valence-corrected chi connectivity index (χ4v) is 4.83. The largest absolute Gasteiger partial charge is 0.459 e. The molecule has 3 rings (SSSR count). The van der Waals surface area contributed by atoms with E-state index in [-0.39, 0.29) is 29.5 Å². The zero-order valence-electron chi connectivity index (χ0n) is 12.8. The third kappa shape index (κ3) is 2.84.